The molecule has 0 spiro atoms. The molecule has 0 bridgehead atoms. The van der Waals surface area contributed by atoms with Gasteiger partial charge in [0.2, 0.25) is 5.71 Å². The Bertz CT molecular complexity index is 3170. The van der Waals surface area contributed by atoms with Gasteiger partial charge in [-0.2, -0.15) is 0 Å². The van der Waals surface area contributed by atoms with Gasteiger partial charge in [0.25, 0.3) is 0 Å². The summed E-state index contributed by atoms with van der Waals surface area (Å²) in [6.45, 7) is 5.89. The van der Waals surface area contributed by atoms with Crippen molar-refractivity contribution in [1.82, 2.24) is 19.5 Å². The number of nitrogens with zero attached hydrogens (tertiary/aromatic N) is 4. The van der Waals surface area contributed by atoms with Crippen LogP contribution < -0.4 is 4.40 Å². The molecule has 7 heteroatoms. The van der Waals surface area contributed by atoms with Crippen LogP contribution in [-0.4, -0.2) is 32.8 Å². The number of benzene rings is 6. The summed E-state index contributed by atoms with van der Waals surface area (Å²) in [5.74, 6) is 7.22. The molecule has 61 heavy (non-hydrogen) atoms. The summed E-state index contributed by atoms with van der Waals surface area (Å²) < 4.78 is 18.4. The summed E-state index contributed by atoms with van der Waals surface area (Å²) in [6, 6.07) is 60.7. The summed E-state index contributed by atoms with van der Waals surface area (Å²) >= 11 is -2.03. The van der Waals surface area contributed by atoms with Crippen molar-refractivity contribution < 1.29 is 25.9 Å². The third-order valence-electron chi connectivity index (χ3n) is 10.9. The van der Waals surface area contributed by atoms with E-state index < -0.39 is 19.2 Å². The maximum atomic E-state index is 8.44. The summed E-state index contributed by atoms with van der Waals surface area (Å²) in [5, 5.41) is 1.99. The molecular weight excluding hydrogens is 985 g/mol. The smallest absolute Gasteiger partial charge is 0 e. The van der Waals surface area contributed by atoms with Gasteiger partial charge < -0.3 is 8.98 Å². The summed E-state index contributed by atoms with van der Waals surface area (Å²) in [6.07, 6.45) is 2.00. The van der Waals surface area contributed by atoms with Crippen LogP contribution in [-0.2, 0) is 20.1 Å². The fourth-order valence-corrected chi connectivity index (χ4v) is 11.2. The van der Waals surface area contributed by atoms with Gasteiger partial charge in [-0.1, -0.05) is 95.9 Å². The van der Waals surface area contributed by atoms with Crippen LogP contribution >= 0.6 is 0 Å². The maximum absolute atomic E-state index is 8.44. The minimum atomic E-state index is -2.03. The van der Waals surface area contributed by atoms with Gasteiger partial charge in [0.05, 0.1) is 22.4 Å². The van der Waals surface area contributed by atoms with Crippen LogP contribution in [0, 0.1) is 19.1 Å². The molecule has 0 unspecified atom stereocenters. The SMILES string of the molecule is Cc1ccc2c(n1)oc1c(-c3nc4ccccc4n3-c3cc(-c4ccccc4)ccc3-c3ccccc3)[c-]ccc12.[2H]C(C)(C)c1cc(-c2[c-]cccc2)nc[c]1[Ge]([CH3])([CH3])[CH3].[Ir]. The number of rotatable bonds is 7. The van der Waals surface area contributed by atoms with Crippen molar-refractivity contribution in [3.8, 4) is 50.6 Å². The van der Waals surface area contributed by atoms with E-state index in [9.17, 15) is 0 Å². The molecular formula is C54H46GeIrN4O-2. The third-order valence-corrected chi connectivity index (χ3v) is 15.1. The van der Waals surface area contributed by atoms with E-state index in [0.29, 0.717) is 5.71 Å². The normalized spacial score (nSPS) is 11.9. The first kappa shape index (κ1) is 40.5. The first-order valence-electron chi connectivity index (χ1n) is 20.9. The molecule has 4 aromatic heterocycles. The minimum Gasteiger partial charge on any atom is 0 e. The molecule has 0 aliphatic rings. The Kier molecular flexibility index (Phi) is 11.7. The average molecular weight is 1030 g/mol. The number of imidazole rings is 1. The van der Waals surface area contributed by atoms with Crippen molar-refractivity contribution in [2.45, 2.75) is 43.9 Å². The molecule has 10 rings (SSSR count). The Hall–Kier alpha value is -5.92. The number of aryl methyl sites for hydroxylation is 1. The van der Waals surface area contributed by atoms with Gasteiger partial charge in [-0.3, -0.25) is 4.98 Å². The van der Waals surface area contributed by atoms with Crippen molar-refractivity contribution in [3.63, 3.8) is 0 Å². The number of furan rings is 1. The Balaban J connectivity index is 0.000000214. The van der Waals surface area contributed by atoms with Gasteiger partial charge in [0.1, 0.15) is 0 Å². The zero-order chi connectivity index (χ0) is 42.3. The minimum absolute atomic E-state index is 0. The predicted molar refractivity (Wildman–Crippen MR) is 252 cm³/mol. The molecule has 5 nitrogen and oxygen atoms in total. The number of aromatic nitrogens is 4. The van der Waals surface area contributed by atoms with E-state index in [2.05, 4.69) is 141 Å². The second kappa shape index (κ2) is 17.6. The summed E-state index contributed by atoms with van der Waals surface area (Å²) in [5.41, 5.74) is 13.6. The standard InChI is InChI=1S/C37H24N3O.C17H22GeN.Ir/c1-24-19-21-30-29-15-10-16-31(35(29)41-37(30)38-24)36-39-32-17-8-9-18-33(32)40(36)34-23-27(25-11-4-2-5-12-25)20-22-28(34)26-13-6-3-7-14-26;1-13(2)15-11-17(14-9-7-6-8-10-14)19-12-16(15)18(3,4)5;/h2-15,17-23H,1H3;6-9,11-13H,1-5H3;/q2*-1;/i;13D;. The maximum Gasteiger partial charge on any atom is 0 e. The third kappa shape index (κ3) is 8.41. The quantitative estimate of drug-likeness (QED) is 0.118. The monoisotopic (exact) mass is 1030 g/mol. The Labute approximate surface area is 375 Å². The number of hydrogen-bond donors (Lipinski definition) is 0. The second-order valence-electron chi connectivity index (χ2n) is 16.4. The molecule has 0 saturated heterocycles. The van der Waals surface area contributed by atoms with Gasteiger partial charge in [0.15, 0.2) is 0 Å². The van der Waals surface area contributed by atoms with Gasteiger partial charge in [-0.25, -0.2) is 4.98 Å². The van der Waals surface area contributed by atoms with Gasteiger partial charge in [-0.15, -0.1) is 18.2 Å². The first-order valence-corrected chi connectivity index (χ1v) is 27.7. The Morgan fingerprint density at radius 3 is 2.13 bits per heavy atom. The molecule has 0 fully saturated rings. The first-order chi connectivity index (χ1) is 29.4. The van der Waals surface area contributed by atoms with Gasteiger partial charge >= 0.3 is 120 Å². The molecule has 10 aromatic rings. The number of hydrogen-bond acceptors (Lipinski definition) is 4. The fraction of sp³-hybridized carbons (Fsp3) is 0.130. The second-order valence-corrected chi connectivity index (χ2v) is 26.9. The zero-order valence-corrected chi connectivity index (χ0v) is 39.6. The molecule has 0 atom stereocenters. The van der Waals surface area contributed by atoms with E-state index in [0.717, 1.165) is 89.2 Å². The molecule has 0 saturated carbocycles. The van der Waals surface area contributed by atoms with Crippen LogP contribution in [0.3, 0.4) is 0 Å². The van der Waals surface area contributed by atoms with Crippen LogP contribution in [0.2, 0.25) is 17.3 Å². The van der Waals surface area contributed by atoms with Gasteiger partial charge in [-0.05, 0) is 53.9 Å². The Morgan fingerprint density at radius 1 is 0.689 bits per heavy atom. The van der Waals surface area contributed by atoms with Crippen LogP contribution in [0.5, 0.6) is 0 Å². The van der Waals surface area contributed by atoms with E-state index in [4.69, 9.17) is 10.8 Å². The molecule has 0 aliphatic heterocycles. The van der Waals surface area contributed by atoms with Crippen LogP contribution in [0.4, 0.5) is 0 Å². The molecule has 0 aliphatic carbocycles. The topological polar surface area (TPSA) is 56.7 Å². The summed E-state index contributed by atoms with van der Waals surface area (Å²) in [4.78, 5) is 14.5. The molecule has 0 N–H and O–H groups in total. The number of fused-ring (bicyclic) bond motifs is 4. The van der Waals surface area contributed by atoms with Crippen molar-refractivity contribution in [2.75, 3.05) is 0 Å². The van der Waals surface area contributed by atoms with Crippen molar-refractivity contribution in [1.29, 1.82) is 0 Å². The largest absolute Gasteiger partial charge is 0 e. The van der Waals surface area contributed by atoms with E-state index in [1.807, 2.05) is 87.6 Å². The predicted octanol–water partition coefficient (Wildman–Crippen LogP) is 13.6. The molecule has 303 valence electrons. The van der Waals surface area contributed by atoms with Crippen LogP contribution in [0.25, 0.3) is 83.7 Å². The van der Waals surface area contributed by atoms with Crippen molar-refractivity contribution in [3.05, 3.63) is 187 Å². The van der Waals surface area contributed by atoms with E-state index >= 15 is 0 Å². The molecule has 6 aromatic carbocycles. The van der Waals surface area contributed by atoms with E-state index in [1.165, 1.54) is 4.40 Å². The van der Waals surface area contributed by atoms with E-state index in [-0.39, 0.29) is 20.1 Å². The molecule has 1 radical (unpaired) electrons. The van der Waals surface area contributed by atoms with Crippen molar-refractivity contribution in [2.24, 2.45) is 0 Å². The number of pyridine rings is 2. The number of para-hydroxylation sites is 2. The van der Waals surface area contributed by atoms with Gasteiger partial charge in [0, 0.05) is 42.4 Å². The molecule has 0 amide bonds. The van der Waals surface area contributed by atoms with Crippen LogP contribution in [0.15, 0.2) is 168 Å². The summed E-state index contributed by atoms with van der Waals surface area (Å²) in [7, 11) is 0. The average Bonchev–Trinajstić information content (AvgIpc) is 3.85. The van der Waals surface area contributed by atoms with Crippen LogP contribution in [0.1, 0.15) is 32.4 Å². The fourth-order valence-electron chi connectivity index (χ4n) is 7.87. The Morgan fingerprint density at radius 2 is 1.41 bits per heavy atom. The zero-order valence-electron chi connectivity index (χ0n) is 36.1. The van der Waals surface area contributed by atoms with E-state index in [1.54, 1.807) is 0 Å². The molecule has 4 heterocycles. The van der Waals surface area contributed by atoms with Crippen molar-refractivity contribution >= 4 is 50.8 Å².